The summed E-state index contributed by atoms with van der Waals surface area (Å²) in [5.74, 6) is 0.317. The van der Waals surface area contributed by atoms with E-state index in [0.29, 0.717) is 11.9 Å². The predicted molar refractivity (Wildman–Crippen MR) is 79.6 cm³/mol. The lowest BCUT2D eigenvalue weighted by molar-refractivity contribution is 0.293. The van der Waals surface area contributed by atoms with Crippen molar-refractivity contribution >= 4 is 5.84 Å². The average Bonchev–Trinajstić information content (AvgIpc) is 2.86. The van der Waals surface area contributed by atoms with Crippen molar-refractivity contribution in [2.45, 2.75) is 52.5 Å². The maximum absolute atomic E-state index is 8.72. The molecule has 1 heterocycles. The molecule has 0 amide bonds. The minimum absolute atomic E-state index is 0.228. The van der Waals surface area contributed by atoms with Crippen molar-refractivity contribution in [3.63, 3.8) is 0 Å². The fourth-order valence-electron chi connectivity index (χ4n) is 2.56. The first-order chi connectivity index (χ1) is 8.95. The third kappa shape index (κ3) is 5.78. The van der Waals surface area contributed by atoms with Crippen LogP contribution in [0.5, 0.6) is 0 Å². The Labute approximate surface area is 117 Å². The van der Waals surface area contributed by atoms with Gasteiger partial charge < -0.3 is 21.2 Å². The van der Waals surface area contributed by atoms with Gasteiger partial charge in [0.15, 0.2) is 0 Å². The van der Waals surface area contributed by atoms with Crippen LogP contribution in [0, 0.1) is 5.41 Å². The molecule has 0 aromatic rings. The van der Waals surface area contributed by atoms with Gasteiger partial charge in [-0.15, -0.1) is 0 Å². The molecule has 1 fully saturated rings. The molecule has 1 saturated heterocycles. The second-order valence-electron chi connectivity index (χ2n) is 6.34. The Morgan fingerprint density at radius 3 is 2.63 bits per heavy atom. The summed E-state index contributed by atoms with van der Waals surface area (Å²) >= 11 is 0. The van der Waals surface area contributed by atoms with Gasteiger partial charge in [0, 0.05) is 18.0 Å². The van der Waals surface area contributed by atoms with Crippen molar-refractivity contribution in [3.8, 4) is 0 Å². The molecule has 19 heavy (non-hydrogen) atoms. The third-order valence-corrected chi connectivity index (χ3v) is 4.00. The molecule has 0 aromatic carbocycles. The Hall–Kier alpha value is -0.810. The van der Waals surface area contributed by atoms with Gasteiger partial charge in [-0.05, 0) is 52.2 Å². The number of oxime groups is 1. The molecule has 1 aliphatic rings. The molecule has 0 saturated carbocycles. The average molecular weight is 270 g/mol. The Balaban J connectivity index is 2.12. The Kier molecular flexibility index (Phi) is 6.58. The highest BCUT2D eigenvalue weighted by Crippen LogP contribution is 2.21. The number of likely N-dealkylation sites (tertiary alicyclic amines) is 1. The van der Waals surface area contributed by atoms with Crippen molar-refractivity contribution in [2.24, 2.45) is 16.3 Å². The maximum Gasteiger partial charge on any atom is 0.144 e. The van der Waals surface area contributed by atoms with Crippen LogP contribution in [0.3, 0.4) is 0 Å². The molecule has 0 bridgehead atoms. The number of hydrogen-bond donors (Lipinski definition) is 3. The second-order valence-corrected chi connectivity index (χ2v) is 6.34. The lowest BCUT2D eigenvalue weighted by Crippen LogP contribution is -2.39. The number of amidine groups is 1. The Morgan fingerprint density at radius 1 is 1.42 bits per heavy atom. The highest BCUT2D eigenvalue weighted by molar-refractivity contribution is 5.85. The maximum atomic E-state index is 8.72. The molecule has 1 atom stereocenters. The summed E-state index contributed by atoms with van der Waals surface area (Å²) in [6.07, 6.45) is 4.65. The summed E-state index contributed by atoms with van der Waals surface area (Å²) < 4.78 is 0. The quantitative estimate of drug-likeness (QED) is 0.206. The largest absolute Gasteiger partial charge is 0.409 e. The fourth-order valence-corrected chi connectivity index (χ4v) is 2.56. The van der Waals surface area contributed by atoms with E-state index < -0.39 is 0 Å². The lowest BCUT2D eigenvalue weighted by Gasteiger charge is -2.24. The number of nitrogens with one attached hydrogen (secondary N) is 1. The zero-order valence-electron chi connectivity index (χ0n) is 12.7. The van der Waals surface area contributed by atoms with Gasteiger partial charge in [0.25, 0.3) is 0 Å². The molecule has 112 valence electrons. The first-order valence-corrected chi connectivity index (χ1v) is 7.39. The minimum atomic E-state index is -0.228. The van der Waals surface area contributed by atoms with E-state index in [1.54, 1.807) is 0 Å². The molecule has 0 radical (unpaired) electrons. The molecular formula is C14H30N4O. The fraction of sp³-hybridized carbons (Fsp3) is 0.929. The summed E-state index contributed by atoms with van der Waals surface area (Å²) in [6, 6.07) is 0.532. The molecule has 5 heteroatoms. The third-order valence-electron chi connectivity index (χ3n) is 4.00. The number of nitrogens with two attached hydrogens (primary N) is 1. The smallest absolute Gasteiger partial charge is 0.144 e. The lowest BCUT2D eigenvalue weighted by atomic mass is 9.86. The summed E-state index contributed by atoms with van der Waals surface area (Å²) in [4.78, 5) is 2.53. The normalized spacial score (nSPS) is 19.8. The van der Waals surface area contributed by atoms with Crippen molar-refractivity contribution in [3.05, 3.63) is 0 Å². The van der Waals surface area contributed by atoms with E-state index in [4.69, 9.17) is 10.9 Å². The standard InChI is InChI=1S/C14H30N4O/c1-12(11-18-9-4-5-10-18)16-8-6-7-14(2,3)13(15)17-19/h12,16,19H,4-11H2,1-3H3,(H2,15,17). The van der Waals surface area contributed by atoms with Crippen LogP contribution in [0.1, 0.15) is 46.5 Å². The van der Waals surface area contributed by atoms with Gasteiger partial charge in [0.2, 0.25) is 0 Å². The van der Waals surface area contributed by atoms with Crippen molar-refractivity contribution in [1.82, 2.24) is 10.2 Å². The van der Waals surface area contributed by atoms with Gasteiger partial charge in [-0.3, -0.25) is 0 Å². The molecule has 4 N–H and O–H groups in total. The van der Waals surface area contributed by atoms with Crippen LogP contribution in [-0.2, 0) is 0 Å². The van der Waals surface area contributed by atoms with Gasteiger partial charge in [0.1, 0.15) is 5.84 Å². The van der Waals surface area contributed by atoms with Gasteiger partial charge in [-0.2, -0.15) is 0 Å². The van der Waals surface area contributed by atoms with Crippen LogP contribution >= 0.6 is 0 Å². The summed E-state index contributed by atoms with van der Waals surface area (Å²) in [5.41, 5.74) is 5.45. The molecule has 1 unspecified atom stereocenters. The second kappa shape index (κ2) is 7.70. The molecule has 0 spiro atoms. The van der Waals surface area contributed by atoms with Gasteiger partial charge in [-0.25, -0.2) is 0 Å². The molecule has 1 aliphatic heterocycles. The molecular weight excluding hydrogens is 240 g/mol. The predicted octanol–water partition coefficient (Wildman–Crippen LogP) is 1.61. The number of rotatable bonds is 8. The highest BCUT2D eigenvalue weighted by atomic mass is 16.4. The molecule has 5 nitrogen and oxygen atoms in total. The van der Waals surface area contributed by atoms with Crippen LogP contribution in [0.25, 0.3) is 0 Å². The van der Waals surface area contributed by atoms with E-state index in [1.165, 1.54) is 25.9 Å². The summed E-state index contributed by atoms with van der Waals surface area (Å²) in [5, 5.41) is 15.4. The van der Waals surface area contributed by atoms with Crippen molar-refractivity contribution in [1.29, 1.82) is 0 Å². The Morgan fingerprint density at radius 2 is 2.05 bits per heavy atom. The van der Waals surface area contributed by atoms with Crippen LogP contribution in [0.2, 0.25) is 0 Å². The van der Waals surface area contributed by atoms with E-state index >= 15 is 0 Å². The zero-order chi connectivity index (χ0) is 14.3. The van der Waals surface area contributed by atoms with Crippen LogP contribution in [0.15, 0.2) is 5.16 Å². The molecule has 0 aliphatic carbocycles. The number of nitrogens with zero attached hydrogens (tertiary/aromatic N) is 2. The van der Waals surface area contributed by atoms with E-state index in [2.05, 4.69) is 22.3 Å². The zero-order valence-corrected chi connectivity index (χ0v) is 12.7. The number of hydrogen-bond acceptors (Lipinski definition) is 4. The topological polar surface area (TPSA) is 73.9 Å². The molecule has 0 aromatic heterocycles. The van der Waals surface area contributed by atoms with E-state index in [1.807, 2.05) is 13.8 Å². The van der Waals surface area contributed by atoms with Crippen LogP contribution in [-0.4, -0.2) is 48.2 Å². The SMILES string of the molecule is CC(CN1CCCC1)NCCCC(C)(C)C(N)=NO. The van der Waals surface area contributed by atoms with E-state index in [-0.39, 0.29) is 5.41 Å². The highest BCUT2D eigenvalue weighted by Gasteiger charge is 2.23. The van der Waals surface area contributed by atoms with Gasteiger partial charge >= 0.3 is 0 Å². The van der Waals surface area contributed by atoms with Crippen LogP contribution in [0.4, 0.5) is 0 Å². The molecule has 1 rings (SSSR count). The first-order valence-electron chi connectivity index (χ1n) is 7.39. The van der Waals surface area contributed by atoms with Gasteiger partial charge in [-0.1, -0.05) is 19.0 Å². The minimum Gasteiger partial charge on any atom is -0.409 e. The first kappa shape index (κ1) is 16.2. The van der Waals surface area contributed by atoms with Gasteiger partial charge in [0.05, 0.1) is 0 Å². The Bertz CT molecular complexity index is 285. The van der Waals surface area contributed by atoms with E-state index in [9.17, 15) is 0 Å². The van der Waals surface area contributed by atoms with Crippen molar-refractivity contribution < 1.29 is 5.21 Å². The van der Waals surface area contributed by atoms with Crippen LogP contribution < -0.4 is 11.1 Å². The monoisotopic (exact) mass is 270 g/mol. The van der Waals surface area contributed by atoms with Crippen molar-refractivity contribution in [2.75, 3.05) is 26.2 Å². The summed E-state index contributed by atoms with van der Waals surface area (Å²) in [6.45, 7) is 10.9. The summed E-state index contributed by atoms with van der Waals surface area (Å²) in [7, 11) is 0. The van der Waals surface area contributed by atoms with E-state index in [0.717, 1.165) is 25.9 Å².